The van der Waals surface area contributed by atoms with Crippen LogP contribution in [0, 0.1) is 12.8 Å². The Bertz CT molecular complexity index is 350. The molecule has 0 aliphatic rings. The third kappa shape index (κ3) is 5.07. The van der Waals surface area contributed by atoms with Gasteiger partial charge in [-0.3, -0.25) is 0 Å². The minimum atomic E-state index is 0.541. The Hall–Kier alpha value is -1.06. The topological polar surface area (TPSA) is 30.5 Å². The number of hydrogen-bond acceptors (Lipinski definition) is 3. The Morgan fingerprint density at radius 3 is 2.72 bits per heavy atom. The van der Waals surface area contributed by atoms with Crippen molar-refractivity contribution in [3.63, 3.8) is 0 Å². The Morgan fingerprint density at radius 2 is 2.06 bits per heavy atom. The van der Waals surface area contributed by atoms with E-state index in [-0.39, 0.29) is 0 Å². The van der Waals surface area contributed by atoms with Gasteiger partial charge < -0.3 is 14.8 Å². The van der Waals surface area contributed by atoms with Crippen LogP contribution in [-0.2, 0) is 11.3 Å². The number of aryl methyl sites for hydroxylation is 1. The standard InChI is InChI=1S/C15H25NO2/c1-12(2)11-18-15-13(3)6-5-7-14(15)10-16-8-9-17-4/h5-7,12,16H,8-11H2,1-4H3. The normalized spacial score (nSPS) is 10.9. The molecule has 102 valence electrons. The molecule has 3 nitrogen and oxygen atoms in total. The number of methoxy groups -OCH3 is 1. The van der Waals surface area contributed by atoms with Gasteiger partial charge in [0.1, 0.15) is 5.75 Å². The number of rotatable bonds is 8. The van der Waals surface area contributed by atoms with Crippen molar-refractivity contribution in [2.75, 3.05) is 26.9 Å². The van der Waals surface area contributed by atoms with E-state index >= 15 is 0 Å². The van der Waals surface area contributed by atoms with Gasteiger partial charge in [-0.2, -0.15) is 0 Å². The van der Waals surface area contributed by atoms with Gasteiger partial charge in [-0.15, -0.1) is 0 Å². The average molecular weight is 251 g/mol. The molecular weight excluding hydrogens is 226 g/mol. The SMILES string of the molecule is COCCNCc1cccc(C)c1OCC(C)C. The molecule has 3 heteroatoms. The maximum absolute atomic E-state index is 5.92. The fraction of sp³-hybridized carbons (Fsp3) is 0.600. The smallest absolute Gasteiger partial charge is 0.126 e. The summed E-state index contributed by atoms with van der Waals surface area (Å²) < 4.78 is 10.9. The van der Waals surface area contributed by atoms with Crippen LogP contribution in [0.4, 0.5) is 0 Å². The largest absolute Gasteiger partial charge is 0.493 e. The molecule has 0 spiro atoms. The number of ether oxygens (including phenoxy) is 2. The highest BCUT2D eigenvalue weighted by molar-refractivity contribution is 5.40. The highest BCUT2D eigenvalue weighted by Crippen LogP contribution is 2.23. The summed E-state index contributed by atoms with van der Waals surface area (Å²) in [5, 5.41) is 3.35. The van der Waals surface area contributed by atoms with Gasteiger partial charge in [0, 0.05) is 25.8 Å². The van der Waals surface area contributed by atoms with Crippen molar-refractivity contribution in [1.29, 1.82) is 0 Å². The Labute approximate surface area is 110 Å². The molecule has 0 bridgehead atoms. The molecule has 0 saturated heterocycles. The zero-order valence-electron chi connectivity index (χ0n) is 12.0. The van der Waals surface area contributed by atoms with E-state index in [4.69, 9.17) is 9.47 Å². The van der Waals surface area contributed by atoms with Crippen LogP contribution in [0.1, 0.15) is 25.0 Å². The average Bonchev–Trinajstić information content (AvgIpc) is 2.33. The zero-order chi connectivity index (χ0) is 13.4. The third-order valence-corrected chi connectivity index (χ3v) is 2.65. The summed E-state index contributed by atoms with van der Waals surface area (Å²) in [6.07, 6.45) is 0. The molecule has 1 rings (SSSR count). The van der Waals surface area contributed by atoms with E-state index in [1.54, 1.807) is 7.11 Å². The van der Waals surface area contributed by atoms with Crippen LogP contribution in [0.3, 0.4) is 0 Å². The summed E-state index contributed by atoms with van der Waals surface area (Å²) in [5.41, 5.74) is 2.41. The summed E-state index contributed by atoms with van der Waals surface area (Å²) in [7, 11) is 1.71. The highest BCUT2D eigenvalue weighted by Gasteiger charge is 2.07. The summed E-state index contributed by atoms with van der Waals surface area (Å²) in [4.78, 5) is 0. The highest BCUT2D eigenvalue weighted by atomic mass is 16.5. The minimum Gasteiger partial charge on any atom is -0.493 e. The third-order valence-electron chi connectivity index (χ3n) is 2.65. The number of nitrogens with one attached hydrogen (secondary N) is 1. The van der Waals surface area contributed by atoms with Crippen LogP contribution >= 0.6 is 0 Å². The number of hydrogen-bond donors (Lipinski definition) is 1. The van der Waals surface area contributed by atoms with Crippen molar-refractivity contribution in [1.82, 2.24) is 5.32 Å². The minimum absolute atomic E-state index is 0.541. The molecule has 0 amide bonds. The predicted molar refractivity (Wildman–Crippen MR) is 75.1 cm³/mol. The molecule has 0 fully saturated rings. The lowest BCUT2D eigenvalue weighted by Crippen LogP contribution is -2.19. The number of benzene rings is 1. The first kappa shape index (κ1) is 15.0. The molecule has 1 aromatic carbocycles. The molecule has 1 aromatic rings. The van der Waals surface area contributed by atoms with Gasteiger partial charge in [0.05, 0.1) is 13.2 Å². The van der Waals surface area contributed by atoms with Gasteiger partial charge in [-0.05, 0) is 18.4 Å². The number of para-hydroxylation sites is 1. The molecule has 0 aromatic heterocycles. The van der Waals surface area contributed by atoms with Crippen molar-refractivity contribution < 1.29 is 9.47 Å². The van der Waals surface area contributed by atoms with Crippen LogP contribution in [0.2, 0.25) is 0 Å². The van der Waals surface area contributed by atoms with E-state index in [1.165, 1.54) is 11.1 Å². The quantitative estimate of drug-likeness (QED) is 0.721. The summed E-state index contributed by atoms with van der Waals surface area (Å²) in [5.74, 6) is 1.56. The van der Waals surface area contributed by atoms with Gasteiger partial charge in [0.2, 0.25) is 0 Å². The van der Waals surface area contributed by atoms with Crippen molar-refractivity contribution in [2.45, 2.75) is 27.3 Å². The molecule has 0 atom stereocenters. The molecule has 0 unspecified atom stereocenters. The molecule has 18 heavy (non-hydrogen) atoms. The van der Waals surface area contributed by atoms with E-state index in [1.807, 2.05) is 0 Å². The lowest BCUT2D eigenvalue weighted by atomic mass is 10.1. The Morgan fingerprint density at radius 1 is 1.28 bits per heavy atom. The van der Waals surface area contributed by atoms with E-state index in [0.29, 0.717) is 5.92 Å². The molecule has 0 aliphatic carbocycles. The maximum Gasteiger partial charge on any atom is 0.126 e. The first-order valence-electron chi connectivity index (χ1n) is 6.56. The molecule has 0 saturated carbocycles. The summed E-state index contributed by atoms with van der Waals surface area (Å²) in [6.45, 7) is 9.58. The lowest BCUT2D eigenvalue weighted by Gasteiger charge is -2.16. The maximum atomic E-state index is 5.92. The van der Waals surface area contributed by atoms with Crippen LogP contribution in [0.15, 0.2) is 18.2 Å². The second-order valence-electron chi connectivity index (χ2n) is 4.94. The van der Waals surface area contributed by atoms with E-state index < -0.39 is 0 Å². The first-order valence-corrected chi connectivity index (χ1v) is 6.56. The summed E-state index contributed by atoms with van der Waals surface area (Å²) >= 11 is 0. The first-order chi connectivity index (χ1) is 8.65. The van der Waals surface area contributed by atoms with E-state index in [0.717, 1.165) is 32.1 Å². The fourth-order valence-electron chi connectivity index (χ4n) is 1.71. The van der Waals surface area contributed by atoms with E-state index in [9.17, 15) is 0 Å². The van der Waals surface area contributed by atoms with Gasteiger partial charge in [-0.1, -0.05) is 32.0 Å². The van der Waals surface area contributed by atoms with Crippen molar-refractivity contribution in [2.24, 2.45) is 5.92 Å². The van der Waals surface area contributed by atoms with Crippen molar-refractivity contribution in [3.8, 4) is 5.75 Å². The second kappa shape index (κ2) is 8.11. The van der Waals surface area contributed by atoms with Gasteiger partial charge in [0.25, 0.3) is 0 Å². The van der Waals surface area contributed by atoms with Crippen LogP contribution in [-0.4, -0.2) is 26.9 Å². The Kier molecular flexibility index (Phi) is 6.76. The molecule has 0 radical (unpaired) electrons. The molecular formula is C15H25NO2. The molecule has 0 aliphatic heterocycles. The van der Waals surface area contributed by atoms with Gasteiger partial charge in [-0.25, -0.2) is 0 Å². The molecule has 0 heterocycles. The van der Waals surface area contributed by atoms with Crippen molar-refractivity contribution in [3.05, 3.63) is 29.3 Å². The van der Waals surface area contributed by atoms with Gasteiger partial charge >= 0.3 is 0 Å². The van der Waals surface area contributed by atoms with Crippen LogP contribution in [0.25, 0.3) is 0 Å². The van der Waals surface area contributed by atoms with Crippen molar-refractivity contribution >= 4 is 0 Å². The summed E-state index contributed by atoms with van der Waals surface area (Å²) in [6, 6.07) is 6.28. The monoisotopic (exact) mass is 251 g/mol. The molecule has 1 N–H and O–H groups in total. The zero-order valence-corrected chi connectivity index (χ0v) is 12.0. The van der Waals surface area contributed by atoms with E-state index in [2.05, 4.69) is 44.3 Å². The Balaban J connectivity index is 2.61. The lowest BCUT2D eigenvalue weighted by molar-refractivity contribution is 0.199. The second-order valence-corrected chi connectivity index (χ2v) is 4.94. The van der Waals surface area contributed by atoms with Crippen LogP contribution in [0.5, 0.6) is 5.75 Å². The van der Waals surface area contributed by atoms with Crippen LogP contribution < -0.4 is 10.1 Å². The predicted octanol–water partition coefficient (Wildman–Crippen LogP) is 2.77. The van der Waals surface area contributed by atoms with Gasteiger partial charge in [0.15, 0.2) is 0 Å². The fourth-order valence-corrected chi connectivity index (χ4v) is 1.71.